The number of amides is 1. The number of rotatable bonds is 8. The molecule has 24 heavy (non-hydrogen) atoms. The molecule has 0 saturated heterocycles. The normalized spacial score (nSPS) is 10.2. The van der Waals surface area contributed by atoms with Crippen LogP contribution in [0, 0.1) is 0 Å². The van der Waals surface area contributed by atoms with E-state index in [1.165, 1.54) is 0 Å². The van der Waals surface area contributed by atoms with Crippen LogP contribution >= 0.6 is 11.6 Å². The zero-order valence-electron chi connectivity index (χ0n) is 13.0. The van der Waals surface area contributed by atoms with Crippen molar-refractivity contribution in [3.8, 4) is 5.75 Å². The average molecular weight is 348 g/mol. The van der Waals surface area contributed by atoms with Crippen LogP contribution in [-0.4, -0.2) is 17.0 Å². The van der Waals surface area contributed by atoms with Crippen molar-refractivity contribution in [2.75, 3.05) is 0 Å². The van der Waals surface area contributed by atoms with Crippen LogP contribution in [0.25, 0.3) is 0 Å². The van der Waals surface area contributed by atoms with E-state index in [-0.39, 0.29) is 25.3 Å². The number of carboxylic acid groups (broad SMARTS) is 1. The summed E-state index contributed by atoms with van der Waals surface area (Å²) in [5.74, 6) is -0.631. The number of aliphatic carboxylic acids is 1. The molecular formula is C18H18ClNO4. The van der Waals surface area contributed by atoms with Crippen LogP contribution in [0.1, 0.15) is 24.0 Å². The van der Waals surface area contributed by atoms with Crippen LogP contribution < -0.4 is 10.1 Å². The number of nitrogens with one attached hydrogen (secondary N) is 1. The Bertz CT molecular complexity index is 718. The summed E-state index contributed by atoms with van der Waals surface area (Å²) >= 11 is 5.95. The first-order valence-electron chi connectivity index (χ1n) is 7.48. The lowest BCUT2D eigenvalue weighted by Crippen LogP contribution is -2.23. The van der Waals surface area contributed by atoms with Gasteiger partial charge in [0.25, 0.3) is 0 Å². The van der Waals surface area contributed by atoms with Gasteiger partial charge in [-0.05, 0) is 23.8 Å². The smallest absolute Gasteiger partial charge is 0.303 e. The standard InChI is InChI=1S/C18H18ClNO4/c19-15-6-3-4-13(10-15)12-24-16-7-2-1-5-14(16)11-20-17(21)8-9-18(22)23/h1-7,10H,8-9,11-12H2,(H,20,21)(H,22,23). The summed E-state index contributed by atoms with van der Waals surface area (Å²) in [6.45, 7) is 0.648. The van der Waals surface area contributed by atoms with Gasteiger partial charge in [-0.15, -0.1) is 0 Å². The monoisotopic (exact) mass is 347 g/mol. The molecule has 0 radical (unpaired) electrons. The van der Waals surface area contributed by atoms with Gasteiger partial charge in [-0.3, -0.25) is 9.59 Å². The number of hydrogen-bond donors (Lipinski definition) is 2. The Hall–Kier alpha value is -2.53. The van der Waals surface area contributed by atoms with Crippen molar-refractivity contribution in [2.24, 2.45) is 0 Å². The quantitative estimate of drug-likeness (QED) is 0.767. The van der Waals surface area contributed by atoms with Crippen molar-refractivity contribution in [1.29, 1.82) is 0 Å². The van der Waals surface area contributed by atoms with Gasteiger partial charge >= 0.3 is 5.97 Å². The van der Waals surface area contributed by atoms with Crippen molar-refractivity contribution in [2.45, 2.75) is 26.0 Å². The average Bonchev–Trinajstić information content (AvgIpc) is 2.57. The summed E-state index contributed by atoms with van der Waals surface area (Å²) in [5, 5.41) is 11.9. The molecule has 0 fully saturated rings. The molecule has 2 aromatic carbocycles. The van der Waals surface area contributed by atoms with Crippen LogP contribution in [0.4, 0.5) is 0 Å². The summed E-state index contributed by atoms with van der Waals surface area (Å²) in [6, 6.07) is 14.8. The van der Waals surface area contributed by atoms with Crippen molar-refractivity contribution >= 4 is 23.5 Å². The van der Waals surface area contributed by atoms with E-state index in [1.54, 1.807) is 6.07 Å². The molecule has 2 aromatic rings. The van der Waals surface area contributed by atoms with E-state index in [4.69, 9.17) is 21.4 Å². The number of benzene rings is 2. The summed E-state index contributed by atoms with van der Waals surface area (Å²) in [5.41, 5.74) is 1.77. The van der Waals surface area contributed by atoms with E-state index >= 15 is 0 Å². The van der Waals surface area contributed by atoms with Crippen molar-refractivity contribution in [3.63, 3.8) is 0 Å². The highest BCUT2D eigenvalue weighted by molar-refractivity contribution is 6.30. The summed E-state index contributed by atoms with van der Waals surface area (Å²) in [6.07, 6.45) is -0.223. The fraction of sp³-hybridized carbons (Fsp3) is 0.222. The van der Waals surface area contributed by atoms with Gasteiger partial charge in [0.1, 0.15) is 12.4 Å². The molecular weight excluding hydrogens is 330 g/mol. The van der Waals surface area contributed by atoms with Crippen LogP contribution in [0.2, 0.25) is 5.02 Å². The third-order valence-electron chi connectivity index (χ3n) is 3.30. The van der Waals surface area contributed by atoms with E-state index in [2.05, 4.69) is 5.32 Å². The first kappa shape index (κ1) is 17.8. The molecule has 0 spiro atoms. The van der Waals surface area contributed by atoms with Crippen LogP contribution in [0.15, 0.2) is 48.5 Å². The molecule has 0 aliphatic carbocycles. The minimum atomic E-state index is -0.990. The molecule has 0 aromatic heterocycles. The Morgan fingerprint density at radius 3 is 2.62 bits per heavy atom. The maximum Gasteiger partial charge on any atom is 0.303 e. The number of carbonyl (C=O) groups excluding carboxylic acids is 1. The Labute approximate surface area is 145 Å². The molecule has 6 heteroatoms. The lowest BCUT2D eigenvalue weighted by Gasteiger charge is -2.12. The minimum absolute atomic E-state index is 0.0408. The van der Waals surface area contributed by atoms with Crippen LogP contribution in [0.3, 0.4) is 0 Å². The lowest BCUT2D eigenvalue weighted by atomic mass is 10.2. The second-order valence-electron chi connectivity index (χ2n) is 5.20. The highest BCUT2D eigenvalue weighted by atomic mass is 35.5. The van der Waals surface area contributed by atoms with E-state index in [0.717, 1.165) is 11.1 Å². The maximum atomic E-state index is 11.6. The van der Waals surface area contributed by atoms with Gasteiger partial charge in [0.2, 0.25) is 5.91 Å². The molecule has 0 aliphatic rings. The minimum Gasteiger partial charge on any atom is -0.489 e. The molecule has 0 bridgehead atoms. The predicted molar refractivity (Wildman–Crippen MR) is 90.9 cm³/mol. The van der Waals surface area contributed by atoms with Crippen LogP contribution in [0.5, 0.6) is 5.75 Å². The van der Waals surface area contributed by atoms with Gasteiger partial charge in [-0.25, -0.2) is 0 Å². The van der Waals surface area contributed by atoms with E-state index in [9.17, 15) is 9.59 Å². The molecule has 0 aliphatic heterocycles. The second kappa shape index (κ2) is 8.93. The molecule has 2 N–H and O–H groups in total. The van der Waals surface area contributed by atoms with E-state index in [1.807, 2.05) is 42.5 Å². The molecule has 1 amide bonds. The van der Waals surface area contributed by atoms with Gasteiger partial charge in [0.05, 0.1) is 6.42 Å². The molecule has 0 heterocycles. The van der Waals surface area contributed by atoms with Gasteiger partial charge in [0.15, 0.2) is 0 Å². The number of halogens is 1. The Balaban J connectivity index is 1.92. The van der Waals surface area contributed by atoms with Crippen molar-refractivity contribution in [3.05, 3.63) is 64.7 Å². The molecule has 0 unspecified atom stereocenters. The highest BCUT2D eigenvalue weighted by Crippen LogP contribution is 2.20. The summed E-state index contributed by atoms with van der Waals surface area (Å²) in [4.78, 5) is 22.1. The number of ether oxygens (including phenoxy) is 1. The summed E-state index contributed by atoms with van der Waals surface area (Å²) < 4.78 is 5.80. The molecule has 126 valence electrons. The van der Waals surface area contributed by atoms with E-state index in [0.29, 0.717) is 17.4 Å². The van der Waals surface area contributed by atoms with Crippen LogP contribution in [-0.2, 0) is 22.7 Å². The number of carbonyl (C=O) groups is 2. The van der Waals surface area contributed by atoms with Gasteiger partial charge < -0.3 is 15.2 Å². The predicted octanol–water partition coefficient (Wildman–Crippen LogP) is 3.40. The fourth-order valence-corrected chi connectivity index (χ4v) is 2.29. The topological polar surface area (TPSA) is 75.6 Å². The molecule has 0 saturated carbocycles. The Kier molecular flexibility index (Phi) is 6.63. The zero-order chi connectivity index (χ0) is 17.4. The first-order valence-corrected chi connectivity index (χ1v) is 7.86. The second-order valence-corrected chi connectivity index (χ2v) is 5.63. The van der Waals surface area contributed by atoms with Gasteiger partial charge in [0, 0.05) is 23.6 Å². The Morgan fingerprint density at radius 2 is 1.88 bits per heavy atom. The highest BCUT2D eigenvalue weighted by Gasteiger charge is 2.08. The third kappa shape index (κ3) is 5.93. The maximum absolute atomic E-state index is 11.6. The summed E-state index contributed by atoms with van der Waals surface area (Å²) in [7, 11) is 0. The molecule has 5 nitrogen and oxygen atoms in total. The number of para-hydroxylation sites is 1. The van der Waals surface area contributed by atoms with E-state index < -0.39 is 5.97 Å². The third-order valence-corrected chi connectivity index (χ3v) is 3.53. The van der Waals surface area contributed by atoms with Gasteiger partial charge in [-0.1, -0.05) is 41.9 Å². The lowest BCUT2D eigenvalue weighted by molar-refractivity contribution is -0.138. The van der Waals surface area contributed by atoms with Gasteiger partial charge in [-0.2, -0.15) is 0 Å². The zero-order valence-corrected chi connectivity index (χ0v) is 13.8. The van der Waals surface area contributed by atoms with Crippen molar-refractivity contribution < 1.29 is 19.4 Å². The molecule has 0 atom stereocenters. The SMILES string of the molecule is O=C(O)CCC(=O)NCc1ccccc1OCc1cccc(Cl)c1. The number of carboxylic acids is 1. The largest absolute Gasteiger partial charge is 0.489 e. The fourth-order valence-electron chi connectivity index (χ4n) is 2.08. The molecule has 2 rings (SSSR count). The van der Waals surface area contributed by atoms with Crippen molar-refractivity contribution in [1.82, 2.24) is 5.32 Å². The Morgan fingerprint density at radius 1 is 1.08 bits per heavy atom. The number of hydrogen-bond acceptors (Lipinski definition) is 3. The first-order chi connectivity index (χ1) is 11.5.